The van der Waals surface area contributed by atoms with Crippen molar-refractivity contribution in [1.29, 1.82) is 0 Å². The minimum atomic E-state index is -0.383. The molecule has 5 nitrogen and oxygen atoms in total. The summed E-state index contributed by atoms with van der Waals surface area (Å²) in [6, 6.07) is 17.6. The van der Waals surface area contributed by atoms with E-state index in [-0.39, 0.29) is 29.2 Å². The van der Waals surface area contributed by atoms with E-state index in [2.05, 4.69) is 5.32 Å². The molecule has 2 aliphatic rings. The fourth-order valence-corrected chi connectivity index (χ4v) is 4.96. The van der Waals surface area contributed by atoms with E-state index in [1.807, 2.05) is 47.9 Å². The smallest absolute Gasteiger partial charge is 0.321 e. The standard InChI is InChI=1S/C25H24FN3O2/c1-16-5-2-3-8-21(16)22-9-10-23-18-11-17(14-29(23)24(22)30)13-28(15-18)25(31)27-20-7-4-6-19(26)12-20/h2-10,12,17-18H,11,13-15H2,1H3,(H,27,31)/t17-,18-/m1/s1. The quantitative estimate of drug-likeness (QED) is 0.662. The number of fused-ring (bicyclic) bond motifs is 4. The number of carbonyl (C=O) groups is 1. The van der Waals surface area contributed by atoms with Gasteiger partial charge >= 0.3 is 6.03 Å². The van der Waals surface area contributed by atoms with Crippen molar-refractivity contribution in [2.45, 2.75) is 25.8 Å². The van der Waals surface area contributed by atoms with Crippen LogP contribution in [0.25, 0.3) is 11.1 Å². The van der Waals surface area contributed by atoms with Gasteiger partial charge in [0, 0.05) is 42.5 Å². The van der Waals surface area contributed by atoms with Gasteiger partial charge in [-0.3, -0.25) is 4.79 Å². The summed E-state index contributed by atoms with van der Waals surface area (Å²) in [6.45, 7) is 3.75. The number of piperidine rings is 1. The van der Waals surface area contributed by atoms with Crippen LogP contribution < -0.4 is 10.9 Å². The van der Waals surface area contributed by atoms with Crippen LogP contribution in [-0.4, -0.2) is 28.6 Å². The Labute approximate surface area is 180 Å². The van der Waals surface area contributed by atoms with Gasteiger partial charge in [-0.1, -0.05) is 30.3 Å². The Morgan fingerprint density at radius 1 is 1.00 bits per heavy atom. The molecule has 0 saturated carbocycles. The average Bonchev–Trinajstić information content (AvgIpc) is 2.75. The number of rotatable bonds is 2. The molecule has 3 heterocycles. The van der Waals surface area contributed by atoms with Crippen molar-refractivity contribution in [1.82, 2.24) is 9.47 Å². The monoisotopic (exact) mass is 417 g/mol. The molecule has 1 saturated heterocycles. The molecule has 1 N–H and O–H groups in total. The molecule has 2 bridgehead atoms. The van der Waals surface area contributed by atoms with Crippen LogP contribution >= 0.6 is 0 Å². The highest BCUT2D eigenvalue weighted by molar-refractivity contribution is 5.89. The van der Waals surface area contributed by atoms with Crippen LogP contribution in [0.3, 0.4) is 0 Å². The van der Waals surface area contributed by atoms with Gasteiger partial charge < -0.3 is 14.8 Å². The molecule has 2 aromatic carbocycles. The Bertz CT molecular complexity index is 1220. The third-order valence-electron chi connectivity index (χ3n) is 6.40. The lowest BCUT2D eigenvalue weighted by Gasteiger charge is -2.42. The number of hydrogen-bond donors (Lipinski definition) is 1. The number of pyridine rings is 1. The first kappa shape index (κ1) is 19.5. The van der Waals surface area contributed by atoms with Crippen LogP contribution in [0.5, 0.6) is 0 Å². The summed E-state index contributed by atoms with van der Waals surface area (Å²) >= 11 is 0. The number of benzene rings is 2. The van der Waals surface area contributed by atoms with E-state index < -0.39 is 0 Å². The molecular weight excluding hydrogens is 393 g/mol. The summed E-state index contributed by atoms with van der Waals surface area (Å²) in [4.78, 5) is 27.9. The number of amides is 2. The molecule has 31 heavy (non-hydrogen) atoms. The van der Waals surface area contributed by atoms with Gasteiger partial charge in [0.05, 0.1) is 0 Å². The number of carbonyl (C=O) groups excluding carboxylic acids is 1. The maximum atomic E-state index is 13.4. The summed E-state index contributed by atoms with van der Waals surface area (Å²) in [5, 5.41) is 2.79. The van der Waals surface area contributed by atoms with Crippen LogP contribution in [0.1, 0.15) is 23.6 Å². The molecule has 0 spiro atoms. The molecule has 1 fully saturated rings. The first-order chi connectivity index (χ1) is 15.0. The van der Waals surface area contributed by atoms with E-state index in [1.165, 1.54) is 12.1 Å². The van der Waals surface area contributed by atoms with Crippen molar-refractivity contribution in [2.24, 2.45) is 5.92 Å². The van der Waals surface area contributed by atoms with E-state index >= 15 is 0 Å². The number of aryl methyl sites for hydroxylation is 1. The zero-order valence-electron chi connectivity index (χ0n) is 17.3. The van der Waals surface area contributed by atoms with Crippen molar-refractivity contribution in [3.63, 3.8) is 0 Å². The van der Waals surface area contributed by atoms with Gasteiger partial charge in [-0.25, -0.2) is 9.18 Å². The molecule has 0 unspecified atom stereocenters. The van der Waals surface area contributed by atoms with Crippen LogP contribution in [-0.2, 0) is 6.54 Å². The largest absolute Gasteiger partial charge is 0.324 e. The van der Waals surface area contributed by atoms with Crippen LogP contribution in [0, 0.1) is 18.7 Å². The minimum Gasteiger partial charge on any atom is -0.324 e. The second kappa shape index (κ2) is 7.69. The van der Waals surface area contributed by atoms with Gasteiger partial charge in [-0.05, 0) is 60.7 Å². The molecule has 158 valence electrons. The Hall–Kier alpha value is -3.41. The SMILES string of the molecule is Cc1ccccc1-c1ccc2n(c1=O)C[C@@H]1C[C@@H]2CN(C(=O)Nc2cccc(F)c2)C1. The number of likely N-dealkylation sites (tertiary alicyclic amines) is 1. The Kier molecular flexibility index (Phi) is 4.85. The number of nitrogens with one attached hydrogen (secondary N) is 1. The van der Waals surface area contributed by atoms with Crippen LogP contribution in [0.4, 0.5) is 14.9 Å². The number of hydrogen-bond acceptors (Lipinski definition) is 2. The maximum absolute atomic E-state index is 13.4. The lowest BCUT2D eigenvalue weighted by Crippen LogP contribution is -2.50. The average molecular weight is 417 g/mol. The molecule has 0 aliphatic carbocycles. The third kappa shape index (κ3) is 3.63. The predicted molar refractivity (Wildman–Crippen MR) is 119 cm³/mol. The first-order valence-corrected chi connectivity index (χ1v) is 10.6. The number of halogens is 1. The zero-order valence-corrected chi connectivity index (χ0v) is 17.3. The van der Waals surface area contributed by atoms with Crippen LogP contribution in [0.2, 0.25) is 0 Å². The summed E-state index contributed by atoms with van der Waals surface area (Å²) in [6.07, 6.45) is 0.965. The Morgan fingerprint density at radius 2 is 1.84 bits per heavy atom. The highest BCUT2D eigenvalue weighted by atomic mass is 19.1. The topological polar surface area (TPSA) is 54.3 Å². The highest BCUT2D eigenvalue weighted by Gasteiger charge is 2.36. The van der Waals surface area contributed by atoms with Crippen molar-refractivity contribution in [3.8, 4) is 11.1 Å². The third-order valence-corrected chi connectivity index (χ3v) is 6.40. The van der Waals surface area contributed by atoms with Crippen molar-refractivity contribution in [2.75, 3.05) is 18.4 Å². The summed E-state index contributed by atoms with van der Waals surface area (Å²) in [7, 11) is 0. The highest BCUT2D eigenvalue weighted by Crippen LogP contribution is 2.36. The molecule has 2 amide bonds. The Balaban J connectivity index is 1.41. The molecular formula is C25H24FN3O2. The molecule has 3 aromatic rings. The number of nitrogens with zero attached hydrogens (tertiary/aromatic N) is 2. The zero-order chi connectivity index (χ0) is 21.5. The molecule has 6 heteroatoms. The van der Waals surface area contributed by atoms with Gasteiger partial charge in [-0.15, -0.1) is 0 Å². The van der Waals surface area contributed by atoms with Crippen molar-refractivity contribution >= 4 is 11.7 Å². The second-order valence-corrected chi connectivity index (χ2v) is 8.55. The van der Waals surface area contributed by atoms with Crippen molar-refractivity contribution < 1.29 is 9.18 Å². The summed E-state index contributed by atoms with van der Waals surface area (Å²) < 4.78 is 15.3. The predicted octanol–water partition coefficient (Wildman–Crippen LogP) is 4.61. The number of urea groups is 1. The van der Waals surface area contributed by atoms with E-state index in [0.29, 0.717) is 25.3 Å². The van der Waals surface area contributed by atoms with Gasteiger partial charge in [0.1, 0.15) is 5.82 Å². The van der Waals surface area contributed by atoms with E-state index in [0.717, 1.165) is 28.8 Å². The second-order valence-electron chi connectivity index (χ2n) is 8.55. The molecule has 1 aromatic heterocycles. The fourth-order valence-electron chi connectivity index (χ4n) is 4.96. The Morgan fingerprint density at radius 3 is 2.65 bits per heavy atom. The molecule has 2 aliphatic heterocycles. The lowest BCUT2D eigenvalue weighted by molar-refractivity contribution is 0.139. The van der Waals surface area contributed by atoms with Gasteiger partial charge in [0.2, 0.25) is 0 Å². The number of aromatic nitrogens is 1. The molecule has 2 atom stereocenters. The van der Waals surface area contributed by atoms with Gasteiger partial charge in [-0.2, -0.15) is 0 Å². The van der Waals surface area contributed by atoms with Crippen LogP contribution in [0.15, 0.2) is 65.5 Å². The first-order valence-electron chi connectivity index (χ1n) is 10.6. The maximum Gasteiger partial charge on any atom is 0.321 e. The van der Waals surface area contributed by atoms with Crippen molar-refractivity contribution in [3.05, 3.63) is 88.1 Å². The lowest BCUT2D eigenvalue weighted by atomic mass is 9.83. The molecule has 5 rings (SSSR count). The summed E-state index contributed by atoms with van der Waals surface area (Å²) in [5.74, 6) is -0.0511. The van der Waals surface area contributed by atoms with E-state index in [4.69, 9.17) is 0 Å². The van der Waals surface area contributed by atoms with E-state index in [9.17, 15) is 14.0 Å². The van der Waals surface area contributed by atoms with Gasteiger partial charge in [0.15, 0.2) is 0 Å². The summed E-state index contributed by atoms with van der Waals surface area (Å²) in [5.41, 5.74) is 4.25. The minimum absolute atomic E-state index is 0.0409. The van der Waals surface area contributed by atoms with Gasteiger partial charge in [0.25, 0.3) is 5.56 Å². The number of anilines is 1. The fraction of sp³-hybridized carbons (Fsp3) is 0.280. The van der Waals surface area contributed by atoms with E-state index in [1.54, 1.807) is 17.0 Å². The normalized spacial score (nSPS) is 19.6. The molecule has 0 radical (unpaired) electrons.